The summed E-state index contributed by atoms with van der Waals surface area (Å²) in [4.78, 5) is 13.3. The van der Waals surface area contributed by atoms with Crippen molar-refractivity contribution in [3.8, 4) is 23.3 Å². The van der Waals surface area contributed by atoms with E-state index < -0.39 is 11.9 Å². The van der Waals surface area contributed by atoms with E-state index in [1.54, 1.807) is 36.4 Å². The lowest BCUT2D eigenvalue weighted by atomic mass is 9.83. The van der Waals surface area contributed by atoms with Crippen LogP contribution in [0.2, 0.25) is 10.0 Å². The molecule has 0 bridgehead atoms. The van der Waals surface area contributed by atoms with Gasteiger partial charge in [0.25, 0.3) is 0 Å². The van der Waals surface area contributed by atoms with E-state index >= 15 is 0 Å². The second kappa shape index (κ2) is 10.3. The summed E-state index contributed by atoms with van der Waals surface area (Å²) in [5.41, 5.74) is 7.93. The van der Waals surface area contributed by atoms with Crippen LogP contribution in [-0.4, -0.2) is 12.6 Å². The van der Waals surface area contributed by atoms with Crippen molar-refractivity contribution in [1.82, 2.24) is 0 Å². The van der Waals surface area contributed by atoms with Crippen LogP contribution in [0.5, 0.6) is 17.2 Å². The highest BCUT2D eigenvalue weighted by Crippen LogP contribution is 2.46. The Kier molecular flexibility index (Phi) is 6.98. The van der Waals surface area contributed by atoms with Gasteiger partial charge in [0, 0.05) is 32.3 Å². The Labute approximate surface area is 227 Å². The van der Waals surface area contributed by atoms with Crippen molar-refractivity contribution in [2.45, 2.75) is 19.3 Å². The number of nitrogens with zero attached hydrogens (tertiary/aromatic N) is 1. The number of hydrogen-bond donors (Lipinski definition) is 1. The highest BCUT2D eigenvalue weighted by atomic mass is 35.5. The summed E-state index contributed by atoms with van der Waals surface area (Å²) in [5, 5.41) is 11.5. The van der Waals surface area contributed by atoms with Gasteiger partial charge in [0.15, 0.2) is 0 Å². The van der Waals surface area contributed by atoms with Crippen molar-refractivity contribution in [2.75, 3.05) is 6.61 Å². The molecule has 9 heteroatoms. The fraction of sp³-hybridized carbons (Fsp3) is 0.143. The molecule has 1 aliphatic heterocycles. The van der Waals surface area contributed by atoms with Gasteiger partial charge in [-0.2, -0.15) is 5.26 Å². The number of para-hydroxylation sites is 1. The van der Waals surface area contributed by atoms with Crippen molar-refractivity contribution >= 4 is 50.6 Å². The number of nitriles is 1. The van der Waals surface area contributed by atoms with E-state index in [1.165, 1.54) is 11.3 Å². The number of nitrogens with two attached hydrogens (primary N) is 1. The number of thiophene rings is 1. The van der Waals surface area contributed by atoms with Crippen molar-refractivity contribution in [3.05, 3.63) is 98.2 Å². The van der Waals surface area contributed by atoms with E-state index in [4.69, 9.17) is 43.1 Å². The zero-order chi connectivity index (χ0) is 26.1. The normalized spacial score (nSPS) is 14.6. The number of halogens is 2. The highest BCUT2D eigenvalue weighted by Gasteiger charge is 2.33. The molecule has 6 nitrogen and oxygen atoms in total. The Morgan fingerprint density at radius 2 is 1.95 bits per heavy atom. The number of hydrogen-bond acceptors (Lipinski definition) is 7. The first kappa shape index (κ1) is 25.0. The average Bonchev–Trinajstić information content (AvgIpc) is 3.22. The van der Waals surface area contributed by atoms with Gasteiger partial charge in [0.05, 0.1) is 17.5 Å². The lowest BCUT2D eigenvalue weighted by Gasteiger charge is -2.28. The van der Waals surface area contributed by atoms with E-state index in [0.717, 1.165) is 22.1 Å². The minimum absolute atomic E-state index is 0.0156. The van der Waals surface area contributed by atoms with Gasteiger partial charge in [-0.3, -0.25) is 0 Å². The quantitative estimate of drug-likeness (QED) is 0.198. The number of rotatable bonds is 6. The second-order valence-electron chi connectivity index (χ2n) is 8.29. The van der Waals surface area contributed by atoms with Crippen LogP contribution in [0.25, 0.3) is 10.1 Å². The van der Waals surface area contributed by atoms with Gasteiger partial charge in [0.1, 0.15) is 33.8 Å². The molecular weight excluding hydrogens is 531 g/mol. The molecule has 1 aromatic heterocycles. The van der Waals surface area contributed by atoms with Crippen LogP contribution in [0, 0.1) is 11.3 Å². The van der Waals surface area contributed by atoms with Gasteiger partial charge in [-0.1, -0.05) is 60.5 Å². The third-order valence-corrected chi connectivity index (χ3v) is 7.74. The molecule has 0 aliphatic carbocycles. The van der Waals surface area contributed by atoms with Crippen LogP contribution in [-0.2, 0) is 0 Å². The molecule has 2 heterocycles. The van der Waals surface area contributed by atoms with E-state index in [0.29, 0.717) is 33.7 Å². The number of esters is 1. The molecule has 2 N–H and O–H groups in total. The largest absolute Gasteiger partial charge is 0.493 e. The molecule has 0 spiro atoms. The minimum Gasteiger partial charge on any atom is -0.493 e. The lowest BCUT2D eigenvalue weighted by Crippen LogP contribution is -2.21. The van der Waals surface area contributed by atoms with E-state index in [9.17, 15) is 10.1 Å². The van der Waals surface area contributed by atoms with Gasteiger partial charge in [-0.25, -0.2) is 4.79 Å². The summed E-state index contributed by atoms with van der Waals surface area (Å²) < 4.78 is 18.2. The minimum atomic E-state index is -0.603. The Morgan fingerprint density at radius 1 is 1.14 bits per heavy atom. The van der Waals surface area contributed by atoms with Gasteiger partial charge < -0.3 is 19.9 Å². The van der Waals surface area contributed by atoms with Crippen molar-refractivity contribution in [3.63, 3.8) is 0 Å². The maximum Gasteiger partial charge on any atom is 0.355 e. The molecule has 1 atom stereocenters. The zero-order valence-corrected chi connectivity index (χ0v) is 21.9. The maximum atomic E-state index is 13.0. The van der Waals surface area contributed by atoms with Crippen LogP contribution in [0.15, 0.2) is 72.1 Å². The average molecular weight is 551 g/mol. The van der Waals surface area contributed by atoms with Crippen molar-refractivity contribution in [1.29, 1.82) is 5.26 Å². The molecule has 0 radical (unpaired) electrons. The van der Waals surface area contributed by atoms with E-state index in [2.05, 4.69) is 6.07 Å². The standard InChI is InChI=1S/C28H20Cl2N2O4S/c1-2-11-34-21-6-4-3-5-17(21)24-18-10-8-16(13-22(18)36-27(32)20(24)14-31)35-28(33)26-25(30)19-9-7-15(29)12-23(19)37-26/h3-10,12-13,24H,2,11,32H2,1H3. The SMILES string of the molecule is CCCOc1ccccc1C1C(C#N)=C(N)Oc2cc(OC(=O)c3sc4cc(Cl)ccc4c3Cl)ccc21. The Balaban J connectivity index is 1.50. The molecule has 3 aromatic carbocycles. The monoisotopic (exact) mass is 550 g/mol. The summed E-state index contributed by atoms with van der Waals surface area (Å²) >= 11 is 13.7. The van der Waals surface area contributed by atoms with Gasteiger partial charge in [0.2, 0.25) is 5.88 Å². The molecule has 0 amide bonds. The van der Waals surface area contributed by atoms with Gasteiger partial charge >= 0.3 is 5.97 Å². The first-order valence-electron chi connectivity index (χ1n) is 11.4. The van der Waals surface area contributed by atoms with E-state index in [-0.39, 0.29) is 22.1 Å². The predicted octanol–water partition coefficient (Wildman–Crippen LogP) is 7.43. The topological polar surface area (TPSA) is 94.6 Å². The number of fused-ring (bicyclic) bond motifs is 2. The van der Waals surface area contributed by atoms with Crippen molar-refractivity contribution in [2.24, 2.45) is 5.73 Å². The summed E-state index contributed by atoms with van der Waals surface area (Å²) in [6.45, 7) is 2.56. The number of carbonyl (C=O) groups excluding carboxylic acids is 1. The molecule has 1 aliphatic rings. The summed E-state index contributed by atoms with van der Waals surface area (Å²) in [6, 6.07) is 19.9. The Hall–Kier alpha value is -3.70. The zero-order valence-electron chi connectivity index (χ0n) is 19.6. The van der Waals surface area contributed by atoms with Crippen LogP contribution >= 0.6 is 34.5 Å². The molecule has 1 unspecified atom stereocenters. The molecule has 4 aromatic rings. The first-order valence-corrected chi connectivity index (χ1v) is 13.0. The van der Waals surface area contributed by atoms with Gasteiger partial charge in [-0.05, 0) is 30.7 Å². The molecule has 5 rings (SSSR count). The summed E-state index contributed by atoms with van der Waals surface area (Å²) in [7, 11) is 0. The molecular formula is C28H20Cl2N2O4S. The maximum absolute atomic E-state index is 13.0. The van der Waals surface area contributed by atoms with E-state index in [1.807, 2.05) is 31.2 Å². The van der Waals surface area contributed by atoms with Crippen LogP contribution < -0.4 is 19.9 Å². The molecule has 37 heavy (non-hydrogen) atoms. The lowest BCUT2D eigenvalue weighted by molar-refractivity contribution is 0.0740. The fourth-order valence-electron chi connectivity index (χ4n) is 4.21. The summed E-state index contributed by atoms with van der Waals surface area (Å²) in [6.07, 6.45) is 0.841. The van der Waals surface area contributed by atoms with Crippen LogP contribution in [0.4, 0.5) is 0 Å². The van der Waals surface area contributed by atoms with Crippen LogP contribution in [0.1, 0.15) is 40.1 Å². The second-order valence-corrected chi connectivity index (χ2v) is 10.2. The predicted molar refractivity (Wildman–Crippen MR) is 145 cm³/mol. The molecule has 0 saturated carbocycles. The number of allylic oxidation sites excluding steroid dienone is 1. The Bertz CT molecular complexity index is 1610. The number of ether oxygens (including phenoxy) is 3. The first-order chi connectivity index (χ1) is 17.9. The molecule has 186 valence electrons. The smallest absolute Gasteiger partial charge is 0.355 e. The fourth-order valence-corrected chi connectivity index (χ4v) is 5.87. The third kappa shape index (κ3) is 4.72. The van der Waals surface area contributed by atoms with Crippen LogP contribution in [0.3, 0.4) is 0 Å². The molecule has 0 saturated heterocycles. The number of carbonyl (C=O) groups is 1. The Morgan fingerprint density at radius 3 is 2.73 bits per heavy atom. The van der Waals surface area contributed by atoms with Gasteiger partial charge in [-0.15, -0.1) is 11.3 Å². The highest BCUT2D eigenvalue weighted by molar-refractivity contribution is 7.21. The summed E-state index contributed by atoms with van der Waals surface area (Å²) in [5.74, 6) is 0.169. The molecule has 0 fully saturated rings. The third-order valence-electron chi connectivity index (χ3n) is 5.87. The van der Waals surface area contributed by atoms with Crippen molar-refractivity contribution < 1.29 is 19.0 Å². The number of benzene rings is 3.